The zero-order valence-electron chi connectivity index (χ0n) is 15.8. The number of hydrogen-bond acceptors (Lipinski definition) is 4. The summed E-state index contributed by atoms with van der Waals surface area (Å²) in [6, 6.07) is 8.35. The van der Waals surface area contributed by atoms with Gasteiger partial charge in [0.2, 0.25) is 15.9 Å². The number of carbonyl (C=O) groups excluding carboxylic acids is 1. The van der Waals surface area contributed by atoms with E-state index in [1.54, 1.807) is 13.8 Å². The molecule has 2 aromatic rings. The lowest BCUT2D eigenvalue weighted by Gasteiger charge is -2.19. The van der Waals surface area contributed by atoms with Crippen molar-refractivity contribution in [3.05, 3.63) is 52.8 Å². The number of anilines is 1. The van der Waals surface area contributed by atoms with Crippen molar-refractivity contribution in [3.63, 3.8) is 0 Å². The van der Waals surface area contributed by atoms with E-state index in [0.29, 0.717) is 13.1 Å². The van der Waals surface area contributed by atoms with Crippen LogP contribution >= 0.6 is 11.6 Å². The van der Waals surface area contributed by atoms with E-state index in [9.17, 15) is 17.6 Å². The molecule has 9 heteroatoms. The molecule has 0 radical (unpaired) electrons. The second-order valence-corrected chi connectivity index (χ2v) is 8.22. The Bertz CT molecular complexity index is 942. The fourth-order valence-electron chi connectivity index (χ4n) is 2.71. The number of nitrogens with one attached hydrogen (secondary N) is 1. The molecule has 152 valence electrons. The number of halogens is 2. The fourth-order valence-corrected chi connectivity index (χ4v) is 4.43. The van der Waals surface area contributed by atoms with E-state index in [0.717, 1.165) is 0 Å². The zero-order valence-corrected chi connectivity index (χ0v) is 17.4. The molecule has 0 unspecified atom stereocenters. The number of rotatable bonds is 8. The van der Waals surface area contributed by atoms with Gasteiger partial charge in [-0.15, -0.1) is 0 Å². The van der Waals surface area contributed by atoms with Crippen LogP contribution in [0.4, 0.5) is 10.1 Å². The Morgan fingerprint density at radius 2 is 1.89 bits per heavy atom. The molecule has 0 saturated carbocycles. The SMILES string of the molecule is CCN(CC)S(=O)(=O)c1ccc(OC)c(NC(=O)Cc2c(F)cccc2Cl)c1. The standard InChI is InChI=1S/C19H22ClFN2O4S/c1-4-23(5-2)28(25,26)13-9-10-18(27-3)17(11-13)22-19(24)12-14-15(20)7-6-8-16(14)21/h6-11H,4-5,12H2,1-3H3,(H,22,24). The molecule has 0 bridgehead atoms. The lowest BCUT2D eigenvalue weighted by molar-refractivity contribution is -0.115. The van der Waals surface area contributed by atoms with E-state index < -0.39 is 21.7 Å². The predicted molar refractivity (Wildman–Crippen MR) is 107 cm³/mol. The van der Waals surface area contributed by atoms with Gasteiger partial charge in [-0.25, -0.2) is 12.8 Å². The first-order valence-corrected chi connectivity index (χ1v) is 10.5. The molecule has 28 heavy (non-hydrogen) atoms. The molecule has 0 saturated heterocycles. The third kappa shape index (κ3) is 4.81. The summed E-state index contributed by atoms with van der Waals surface area (Å²) in [5.74, 6) is -0.860. The Kier molecular flexibility index (Phi) is 7.40. The quantitative estimate of drug-likeness (QED) is 0.695. The Hall–Kier alpha value is -2.16. The number of nitrogens with zero attached hydrogens (tertiary/aromatic N) is 1. The average molecular weight is 429 g/mol. The van der Waals surface area contributed by atoms with Crippen molar-refractivity contribution in [1.82, 2.24) is 4.31 Å². The van der Waals surface area contributed by atoms with Gasteiger partial charge in [0.1, 0.15) is 11.6 Å². The summed E-state index contributed by atoms with van der Waals surface area (Å²) < 4.78 is 45.9. The summed E-state index contributed by atoms with van der Waals surface area (Å²) in [4.78, 5) is 12.4. The van der Waals surface area contributed by atoms with Gasteiger partial charge >= 0.3 is 0 Å². The number of amides is 1. The van der Waals surface area contributed by atoms with Crippen LogP contribution in [0.25, 0.3) is 0 Å². The largest absolute Gasteiger partial charge is 0.495 e. The molecule has 0 aromatic heterocycles. The highest BCUT2D eigenvalue weighted by Gasteiger charge is 2.23. The zero-order chi connectivity index (χ0) is 20.9. The number of benzene rings is 2. The lowest BCUT2D eigenvalue weighted by atomic mass is 10.1. The molecule has 0 atom stereocenters. The summed E-state index contributed by atoms with van der Waals surface area (Å²) in [6.45, 7) is 4.12. The molecule has 0 spiro atoms. The van der Waals surface area contributed by atoms with Crippen LogP contribution in [-0.4, -0.2) is 38.8 Å². The molecule has 0 aliphatic heterocycles. The van der Waals surface area contributed by atoms with Crippen LogP contribution in [0.5, 0.6) is 5.75 Å². The molecule has 1 N–H and O–H groups in total. The average Bonchev–Trinajstić information content (AvgIpc) is 2.65. The van der Waals surface area contributed by atoms with Crippen LogP contribution in [0.15, 0.2) is 41.3 Å². The first kappa shape index (κ1) is 22.1. The number of sulfonamides is 1. The van der Waals surface area contributed by atoms with Crippen LogP contribution in [0, 0.1) is 5.82 Å². The van der Waals surface area contributed by atoms with E-state index in [-0.39, 0.29) is 33.3 Å². The summed E-state index contributed by atoms with van der Waals surface area (Å²) in [5, 5.41) is 2.72. The molecular weight excluding hydrogens is 407 g/mol. The fraction of sp³-hybridized carbons (Fsp3) is 0.316. The highest BCUT2D eigenvalue weighted by Crippen LogP contribution is 2.29. The third-order valence-corrected chi connectivity index (χ3v) is 6.59. The Labute approximate surface area is 169 Å². The molecule has 1 amide bonds. The van der Waals surface area contributed by atoms with Crippen molar-refractivity contribution < 1.29 is 22.3 Å². The summed E-state index contributed by atoms with van der Waals surface area (Å²) in [6.07, 6.45) is -0.304. The smallest absolute Gasteiger partial charge is 0.243 e. The topological polar surface area (TPSA) is 75.7 Å². The maximum Gasteiger partial charge on any atom is 0.243 e. The molecule has 2 rings (SSSR count). The van der Waals surface area contributed by atoms with Crippen molar-refractivity contribution in [2.24, 2.45) is 0 Å². The van der Waals surface area contributed by atoms with Crippen molar-refractivity contribution in [3.8, 4) is 5.75 Å². The van der Waals surface area contributed by atoms with Crippen LogP contribution in [0.1, 0.15) is 19.4 Å². The second-order valence-electron chi connectivity index (χ2n) is 5.88. The molecular formula is C19H22ClFN2O4S. The molecule has 6 nitrogen and oxygen atoms in total. The predicted octanol–water partition coefficient (Wildman–Crippen LogP) is 3.70. The van der Waals surface area contributed by atoms with Gasteiger partial charge in [-0.1, -0.05) is 31.5 Å². The van der Waals surface area contributed by atoms with Crippen molar-refractivity contribution in [2.45, 2.75) is 25.2 Å². The number of ether oxygens (including phenoxy) is 1. The molecule has 0 fully saturated rings. The summed E-state index contributed by atoms with van der Waals surface area (Å²) >= 11 is 5.96. The summed E-state index contributed by atoms with van der Waals surface area (Å²) in [5.41, 5.74) is 0.237. The second kappa shape index (κ2) is 9.36. The van der Waals surface area contributed by atoms with Gasteiger partial charge in [-0.3, -0.25) is 4.79 Å². The van der Waals surface area contributed by atoms with Crippen LogP contribution in [-0.2, 0) is 21.2 Å². The molecule has 0 heterocycles. The highest BCUT2D eigenvalue weighted by atomic mass is 35.5. The molecule has 0 aliphatic carbocycles. The third-order valence-electron chi connectivity index (χ3n) is 4.19. The van der Waals surface area contributed by atoms with Crippen LogP contribution in [0.3, 0.4) is 0 Å². The molecule has 2 aromatic carbocycles. The van der Waals surface area contributed by atoms with Gasteiger partial charge < -0.3 is 10.1 Å². The van der Waals surface area contributed by atoms with E-state index in [2.05, 4.69) is 5.32 Å². The normalized spacial score (nSPS) is 11.5. The van der Waals surface area contributed by atoms with E-state index >= 15 is 0 Å². The van der Waals surface area contributed by atoms with E-state index in [1.807, 2.05) is 0 Å². The van der Waals surface area contributed by atoms with Crippen LogP contribution in [0.2, 0.25) is 5.02 Å². The van der Waals surface area contributed by atoms with Gasteiger partial charge in [-0.2, -0.15) is 4.31 Å². The van der Waals surface area contributed by atoms with Gasteiger partial charge in [0, 0.05) is 23.7 Å². The summed E-state index contributed by atoms with van der Waals surface area (Å²) in [7, 11) is -2.31. The van der Waals surface area contributed by atoms with Crippen molar-refractivity contribution >= 4 is 33.2 Å². The van der Waals surface area contributed by atoms with E-state index in [4.69, 9.17) is 16.3 Å². The van der Waals surface area contributed by atoms with Gasteiger partial charge in [0.05, 0.1) is 24.1 Å². The first-order chi connectivity index (χ1) is 13.2. The Balaban J connectivity index is 2.33. The molecule has 0 aliphatic rings. The van der Waals surface area contributed by atoms with Crippen LogP contribution < -0.4 is 10.1 Å². The van der Waals surface area contributed by atoms with Gasteiger partial charge in [-0.05, 0) is 30.3 Å². The minimum Gasteiger partial charge on any atom is -0.495 e. The Morgan fingerprint density at radius 3 is 2.46 bits per heavy atom. The maximum absolute atomic E-state index is 13.9. The van der Waals surface area contributed by atoms with Crippen molar-refractivity contribution in [2.75, 3.05) is 25.5 Å². The number of hydrogen-bond donors (Lipinski definition) is 1. The first-order valence-electron chi connectivity index (χ1n) is 8.65. The van der Waals surface area contributed by atoms with Gasteiger partial charge in [0.15, 0.2) is 0 Å². The monoisotopic (exact) mass is 428 g/mol. The highest BCUT2D eigenvalue weighted by molar-refractivity contribution is 7.89. The van der Waals surface area contributed by atoms with E-state index in [1.165, 1.54) is 47.8 Å². The van der Waals surface area contributed by atoms with Gasteiger partial charge in [0.25, 0.3) is 0 Å². The minimum atomic E-state index is -3.71. The number of methoxy groups -OCH3 is 1. The van der Waals surface area contributed by atoms with Crippen molar-refractivity contribution in [1.29, 1.82) is 0 Å². The maximum atomic E-state index is 13.9. The minimum absolute atomic E-state index is 0.0243. The number of carbonyl (C=O) groups is 1. The Morgan fingerprint density at radius 1 is 1.21 bits per heavy atom. The lowest BCUT2D eigenvalue weighted by Crippen LogP contribution is -2.30.